The predicted molar refractivity (Wildman–Crippen MR) is 52.8 cm³/mol. The fraction of sp³-hybridized carbons (Fsp3) is 0.500. The Balaban J connectivity index is 2.83. The van der Waals surface area contributed by atoms with Gasteiger partial charge in [0, 0.05) is 12.7 Å². The van der Waals surface area contributed by atoms with Crippen molar-refractivity contribution in [1.29, 1.82) is 0 Å². The maximum atomic E-state index is 11.0. The summed E-state index contributed by atoms with van der Waals surface area (Å²) in [5, 5.41) is 18.2. The number of hydrogen-bond acceptors (Lipinski definition) is 5. The third-order valence-corrected chi connectivity index (χ3v) is 1.96. The summed E-state index contributed by atoms with van der Waals surface area (Å²) in [4.78, 5) is 11.0. The van der Waals surface area contributed by atoms with Crippen LogP contribution in [0.25, 0.3) is 0 Å². The van der Waals surface area contributed by atoms with Crippen LogP contribution in [0.4, 0.5) is 0 Å². The van der Waals surface area contributed by atoms with Crippen molar-refractivity contribution in [2.24, 2.45) is 0 Å². The number of aliphatic hydroxyl groups excluding tert-OH is 2. The first-order valence-corrected chi connectivity index (χ1v) is 4.65. The smallest absolute Gasteiger partial charge is 0.339 e. The van der Waals surface area contributed by atoms with Crippen molar-refractivity contribution >= 4 is 0 Å². The second-order valence-electron chi connectivity index (χ2n) is 3.10. The van der Waals surface area contributed by atoms with E-state index in [2.05, 4.69) is 0 Å². The molecule has 5 heteroatoms. The van der Waals surface area contributed by atoms with Crippen LogP contribution in [0, 0.1) is 0 Å². The van der Waals surface area contributed by atoms with Crippen molar-refractivity contribution in [3.63, 3.8) is 0 Å². The summed E-state index contributed by atoms with van der Waals surface area (Å²) in [5.74, 6) is 0.511. The van der Waals surface area contributed by atoms with Gasteiger partial charge >= 0.3 is 5.63 Å². The van der Waals surface area contributed by atoms with E-state index < -0.39 is 11.7 Å². The maximum Gasteiger partial charge on any atom is 0.339 e. The van der Waals surface area contributed by atoms with Gasteiger partial charge in [0.05, 0.1) is 13.2 Å². The summed E-state index contributed by atoms with van der Waals surface area (Å²) in [6, 6.07) is 2.66. The molecule has 1 heterocycles. The van der Waals surface area contributed by atoms with Gasteiger partial charge in [0.2, 0.25) is 0 Å². The maximum absolute atomic E-state index is 11.0. The predicted octanol–water partition coefficient (Wildman–Crippen LogP) is 0.454. The second-order valence-corrected chi connectivity index (χ2v) is 3.10. The van der Waals surface area contributed by atoms with Gasteiger partial charge in [-0.25, -0.2) is 4.79 Å². The van der Waals surface area contributed by atoms with Crippen molar-refractivity contribution in [3.05, 3.63) is 28.3 Å². The van der Waals surface area contributed by atoms with Gasteiger partial charge in [0.25, 0.3) is 0 Å². The Morgan fingerprint density at radius 1 is 1.53 bits per heavy atom. The zero-order valence-corrected chi connectivity index (χ0v) is 8.47. The molecule has 0 aliphatic rings. The van der Waals surface area contributed by atoms with Crippen LogP contribution in [-0.4, -0.2) is 23.9 Å². The topological polar surface area (TPSA) is 79.9 Å². The summed E-state index contributed by atoms with van der Waals surface area (Å²) >= 11 is 0. The van der Waals surface area contributed by atoms with Gasteiger partial charge in [0.1, 0.15) is 17.6 Å². The molecule has 0 saturated carbocycles. The highest BCUT2D eigenvalue weighted by Gasteiger charge is 2.12. The Hall–Kier alpha value is -1.33. The highest BCUT2D eigenvalue weighted by Crippen LogP contribution is 2.20. The van der Waals surface area contributed by atoms with Gasteiger partial charge in [-0.15, -0.1) is 0 Å². The van der Waals surface area contributed by atoms with Gasteiger partial charge < -0.3 is 19.4 Å². The molecule has 0 aliphatic heterocycles. The van der Waals surface area contributed by atoms with Gasteiger partial charge in [-0.3, -0.25) is 0 Å². The normalized spacial score (nSPS) is 12.5. The lowest BCUT2D eigenvalue weighted by Crippen LogP contribution is -2.06. The molecular formula is C10H14O5. The Labute approximate surface area is 86.9 Å². The molecule has 1 aromatic rings. The minimum absolute atomic E-state index is 0.00867. The quantitative estimate of drug-likeness (QED) is 0.744. The summed E-state index contributed by atoms with van der Waals surface area (Å²) in [7, 11) is 1.43. The van der Waals surface area contributed by atoms with Gasteiger partial charge in [-0.1, -0.05) is 0 Å². The largest absolute Gasteiger partial charge is 0.496 e. The molecule has 0 aliphatic carbocycles. The van der Waals surface area contributed by atoms with Crippen molar-refractivity contribution < 1.29 is 19.4 Å². The van der Waals surface area contributed by atoms with Crippen LogP contribution in [0.2, 0.25) is 0 Å². The SMILES string of the molecule is COc1cc([C@H](O)CCCO)oc(=O)c1. The Kier molecular flexibility index (Phi) is 4.33. The fourth-order valence-corrected chi connectivity index (χ4v) is 1.18. The lowest BCUT2D eigenvalue weighted by atomic mass is 10.1. The van der Waals surface area contributed by atoms with Crippen LogP contribution >= 0.6 is 0 Å². The van der Waals surface area contributed by atoms with Crippen molar-refractivity contribution in [2.45, 2.75) is 18.9 Å². The lowest BCUT2D eigenvalue weighted by Gasteiger charge is -2.09. The zero-order valence-electron chi connectivity index (χ0n) is 8.47. The highest BCUT2D eigenvalue weighted by atomic mass is 16.5. The summed E-state index contributed by atoms with van der Waals surface area (Å²) < 4.78 is 9.68. The minimum Gasteiger partial charge on any atom is -0.496 e. The van der Waals surface area contributed by atoms with E-state index in [-0.39, 0.29) is 12.4 Å². The molecule has 15 heavy (non-hydrogen) atoms. The molecule has 1 rings (SSSR count). The molecule has 0 bridgehead atoms. The monoisotopic (exact) mass is 214 g/mol. The molecule has 0 fully saturated rings. The van der Waals surface area contributed by atoms with Crippen LogP contribution in [0.15, 0.2) is 21.3 Å². The Morgan fingerprint density at radius 3 is 2.87 bits per heavy atom. The van der Waals surface area contributed by atoms with E-state index in [1.54, 1.807) is 0 Å². The standard InChI is InChI=1S/C10H14O5/c1-14-7-5-9(15-10(13)6-7)8(12)3-2-4-11/h5-6,8,11-12H,2-4H2,1H3/t8-/m1/s1. The van der Waals surface area contributed by atoms with Crippen LogP contribution in [0.3, 0.4) is 0 Å². The molecule has 0 unspecified atom stereocenters. The second kappa shape index (κ2) is 5.53. The zero-order chi connectivity index (χ0) is 11.3. The van der Waals surface area contributed by atoms with Gasteiger partial charge in [-0.05, 0) is 12.8 Å². The summed E-state index contributed by atoms with van der Waals surface area (Å²) in [6.45, 7) is -0.00867. The average Bonchev–Trinajstić information content (AvgIpc) is 2.24. The number of rotatable bonds is 5. The molecule has 5 nitrogen and oxygen atoms in total. The van der Waals surface area contributed by atoms with Gasteiger partial charge in [-0.2, -0.15) is 0 Å². The first kappa shape index (κ1) is 11.7. The third kappa shape index (κ3) is 3.38. The number of hydrogen-bond donors (Lipinski definition) is 2. The Morgan fingerprint density at radius 2 is 2.27 bits per heavy atom. The molecule has 84 valence electrons. The van der Waals surface area contributed by atoms with Crippen LogP contribution in [0.1, 0.15) is 24.7 Å². The molecule has 0 radical (unpaired) electrons. The van der Waals surface area contributed by atoms with Crippen molar-refractivity contribution in [3.8, 4) is 5.75 Å². The van der Waals surface area contributed by atoms with Crippen molar-refractivity contribution in [1.82, 2.24) is 0 Å². The Bertz CT molecular complexity index is 357. The third-order valence-electron chi connectivity index (χ3n) is 1.96. The van der Waals surface area contributed by atoms with Gasteiger partial charge in [0.15, 0.2) is 0 Å². The van der Waals surface area contributed by atoms with Crippen LogP contribution in [-0.2, 0) is 0 Å². The highest BCUT2D eigenvalue weighted by molar-refractivity contribution is 5.21. The van der Waals surface area contributed by atoms with Crippen LogP contribution in [0.5, 0.6) is 5.75 Å². The molecule has 0 amide bonds. The molecule has 1 atom stereocenters. The summed E-state index contributed by atoms with van der Waals surface area (Å²) in [6.07, 6.45) is -0.103. The van der Waals surface area contributed by atoms with E-state index >= 15 is 0 Å². The van der Waals surface area contributed by atoms with E-state index in [1.807, 2.05) is 0 Å². The lowest BCUT2D eigenvalue weighted by molar-refractivity contribution is 0.123. The van der Waals surface area contributed by atoms with E-state index in [1.165, 1.54) is 19.2 Å². The van der Waals surface area contributed by atoms with Crippen molar-refractivity contribution in [2.75, 3.05) is 13.7 Å². The first-order valence-electron chi connectivity index (χ1n) is 4.65. The fourth-order valence-electron chi connectivity index (χ4n) is 1.18. The molecular weight excluding hydrogens is 200 g/mol. The average molecular weight is 214 g/mol. The van der Waals surface area contributed by atoms with E-state index in [9.17, 15) is 9.90 Å². The molecule has 0 saturated heterocycles. The van der Waals surface area contributed by atoms with Crippen LogP contribution < -0.4 is 10.4 Å². The van der Waals surface area contributed by atoms with E-state index in [0.717, 1.165) is 0 Å². The molecule has 0 spiro atoms. The first-order chi connectivity index (χ1) is 7.17. The number of ether oxygens (including phenoxy) is 1. The molecule has 1 aromatic heterocycles. The minimum atomic E-state index is -0.889. The summed E-state index contributed by atoms with van der Waals surface area (Å²) in [5.41, 5.74) is -0.563. The molecule has 0 aromatic carbocycles. The van der Waals surface area contributed by atoms with E-state index in [0.29, 0.717) is 18.6 Å². The molecule has 2 N–H and O–H groups in total. The van der Waals surface area contributed by atoms with E-state index in [4.69, 9.17) is 14.3 Å². The number of methoxy groups -OCH3 is 1. The number of aliphatic hydroxyl groups is 2.